The molecule has 0 saturated heterocycles. The molecular weight excluding hydrogens is 368 g/mol. The second-order valence-corrected chi connectivity index (χ2v) is 6.36. The second kappa shape index (κ2) is 9.59. The van der Waals surface area contributed by atoms with Crippen LogP contribution < -0.4 is 11.1 Å². The topological polar surface area (TPSA) is 97.0 Å². The van der Waals surface area contributed by atoms with E-state index in [0.717, 1.165) is 5.56 Å². The first-order valence-corrected chi connectivity index (χ1v) is 8.54. The molecule has 0 aliphatic heterocycles. The zero-order valence-electron chi connectivity index (χ0n) is 15.1. The van der Waals surface area contributed by atoms with E-state index < -0.39 is 5.91 Å². The van der Waals surface area contributed by atoms with Gasteiger partial charge in [0.2, 0.25) is 0 Å². The van der Waals surface area contributed by atoms with E-state index in [1.54, 1.807) is 44.4 Å². The predicted molar refractivity (Wildman–Crippen MR) is 106 cm³/mol. The van der Waals surface area contributed by atoms with Crippen LogP contribution in [0.4, 0.5) is 5.69 Å². The van der Waals surface area contributed by atoms with E-state index in [1.807, 2.05) is 18.2 Å². The average molecular weight is 389 g/mol. The Labute approximate surface area is 162 Å². The molecule has 0 unspecified atom stereocenters. The fourth-order valence-corrected chi connectivity index (χ4v) is 2.43. The third kappa shape index (κ3) is 6.31. The first-order valence-electron chi connectivity index (χ1n) is 8.16. The molecule has 8 heteroatoms. The summed E-state index contributed by atoms with van der Waals surface area (Å²) in [5, 5.41) is 6.95. The Balaban J connectivity index is 1.86. The summed E-state index contributed by atoms with van der Waals surface area (Å²) in [4.78, 5) is 30.4. The summed E-state index contributed by atoms with van der Waals surface area (Å²) in [6.45, 7) is -0.310. The Morgan fingerprint density at radius 1 is 1.19 bits per heavy atom. The number of hydrogen-bond acceptors (Lipinski definition) is 4. The van der Waals surface area contributed by atoms with Crippen LogP contribution in [0.2, 0.25) is 5.02 Å². The van der Waals surface area contributed by atoms with Crippen molar-refractivity contribution in [1.82, 2.24) is 4.90 Å². The molecule has 0 atom stereocenters. The van der Waals surface area contributed by atoms with Crippen molar-refractivity contribution >= 4 is 34.9 Å². The van der Waals surface area contributed by atoms with Crippen molar-refractivity contribution in [3.05, 3.63) is 64.7 Å². The van der Waals surface area contributed by atoms with Crippen LogP contribution in [0.15, 0.2) is 53.7 Å². The van der Waals surface area contributed by atoms with E-state index in [2.05, 4.69) is 10.5 Å². The van der Waals surface area contributed by atoms with E-state index >= 15 is 0 Å². The number of amides is 2. The highest BCUT2D eigenvalue weighted by Gasteiger charge is 2.10. The number of halogens is 1. The van der Waals surface area contributed by atoms with E-state index in [1.165, 1.54) is 4.90 Å². The van der Waals surface area contributed by atoms with Gasteiger partial charge in [0.25, 0.3) is 11.8 Å². The van der Waals surface area contributed by atoms with Crippen molar-refractivity contribution in [2.24, 2.45) is 10.9 Å². The number of anilines is 1. The number of amidine groups is 1. The summed E-state index contributed by atoms with van der Waals surface area (Å²) in [6.07, 6.45) is 0.315. The summed E-state index contributed by atoms with van der Waals surface area (Å²) >= 11 is 6.06. The molecule has 2 rings (SSSR count). The third-order valence-electron chi connectivity index (χ3n) is 3.51. The van der Waals surface area contributed by atoms with Crippen molar-refractivity contribution in [3.63, 3.8) is 0 Å². The molecule has 27 heavy (non-hydrogen) atoms. The minimum Gasteiger partial charge on any atom is -0.384 e. The molecule has 2 aromatic rings. The number of hydrogen-bond donors (Lipinski definition) is 2. The molecule has 2 aromatic carbocycles. The monoisotopic (exact) mass is 388 g/mol. The molecule has 0 radical (unpaired) electrons. The Morgan fingerprint density at radius 2 is 1.93 bits per heavy atom. The molecule has 0 spiro atoms. The van der Waals surface area contributed by atoms with Crippen molar-refractivity contribution in [2.75, 3.05) is 26.0 Å². The minimum atomic E-state index is -0.418. The number of carbonyl (C=O) groups is 2. The lowest BCUT2D eigenvalue weighted by atomic mass is 10.1. The van der Waals surface area contributed by atoms with Gasteiger partial charge >= 0.3 is 0 Å². The van der Waals surface area contributed by atoms with Crippen LogP contribution in [0.5, 0.6) is 0 Å². The summed E-state index contributed by atoms with van der Waals surface area (Å²) in [5.74, 6) is -0.368. The van der Waals surface area contributed by atoms with Crippen LogP contribution in [0, 0.1) is 0 Å². The summed E-state index contributed by atoms with van der Waals surface area (Å²) < 4.78 is 0. The number of nitrogens with zero attached hydrogens (tertiary/aromatic N) is 2. The van der Waals surface area contributed by atoms with Gasteiger partial charge in [0, 0.05) is 36.8 Å². The first-order chi connectivity index (χ1) is 12.9. The summed E-state index contributed by atoms with van der Waals surface area (Å²) in [6, 6.07) is 13.9. The highest BCUT2D eigenvalue weighted by atomic mass is 35.5. The van der Waals surface area contributed by atoms with Gasteiger partial charge in [0.15, 0.2) is 6.61 Å². The van der Waals surface area contributed by atoms with Gasteiger partial charge in [0.05, 0.1) is 0 Å². The lowest BCUT2D eigenvalue weighted by Crippen LogP contribution is -2.22. The van der Waals surface area contributed by atoms with Gasteiger partial charge in [0.1, 0.15) is 5.84 Å². The maximum Gasteiger partial charge on any atom is 0.265 e. The van der Waals surface area contributed by atoms with Gasteiger partial charge in [-0.25, -0.2) is 0 Å². The Kier molecular flexibility index (Phi) is 7.19. The summed E-state index contributed by atoms with van der Waals surface area (Å²) in [7, 11) is 3.32. The molecule has 0 aliphatic rings. The van der Waals surface area contributed by atoms with Gasteiger partial charge in [-0.2, -0.15) is 0 Å². The number of benzene rings is 2. The molecule has 7 nitrogen and oxygen atoms in total. The largest absolute Gasteiger partial charge is 0.384 e. The Bertz CT molecular complexity index is 852. The van der Waals surface area contributed by atoms with Crippen LogP contribution in [0.3, 0.4) is 0 Å². The maximum absolute atomic E-state index is 12.0. The fourth-order valence-electron chi connectivity index (χ4n) is 2.23. The first kappa shape index (κ1) is 20.3. The van der Waals surface area contributed by atoms with Crippen molar-refractivity contribution in [2.45, 2.75) is 6.42 Å². The second-order valence-electron chi connectivity index (χ2n) is 5.95. The molecule has 0 bridgehead atoms. The molecule has 0 aromatic heterocycles. The number of rotatable bonds is 7. The van der Waals surface area contributed by atoms with Crippen molar-refractivity contribution in [1.29, 1.82) is 0 Å². The van der Waals surface area contributed by atoms with E-state index in [0.29, 0.717) is 22.7 Å². The summed E-state index contributed by atoms with van der Waals surface area (Å²) in [5.41, 5.74) is 7.57. The minimum absolute atomic E-state index is 0.153. The lowest BCUT2D eigenvalue weighted by Gasteiger charge is -2.11. The SMILES string of the molecule is CN(C)C(=O)c1cccc(NC(=O)CON=C(N)Cc2ccccc2Cl)c1. The number of carbonyl (C=O) groups excluding carboxylic acids is 2. The molecule has 0 fully saturated rings. The zero-order chi connectivity index (χ0) is 19.8. The molecule has 2 amide bonds. The van der Waals surface area contributed by atoms with Crippen LogP contribution >= 0.6 is 11.6 Å². The van der Waals surface area contributed by atoms with Crippen LogP contribution in [0.1, 0.15) is 15.9 Å². The number of nitrogens with one attached hydrogen (secondary N) is 1. The number of nitrogens with two attached hydrogens (primary N) is 1. The quantitative estimate of drug-likeness (QED) is 0.432. The van der Waals surface area contributed by atoms with Crippen LogP contribution in [-0.2, 0) is 16.1 Å². The third-order valence-corrected chi connectivity index (χ3v) is 3.88. The highest BCUT2D eigenvalue weighted by molar-refractivity contribution is 6.31. The van der Waals surface area contributed by atoms with Gasteiger partial charge in [-0.3, -0.25) is 9.59 Å². The van der Waals surface area contributed by atoms with Crippen molar-refractivity contribution < 1.29 is 14.4 Å². The molecule has 3 N–H and O–H groups in total. The average Bonchev–Trinajstić information content (AvgIpc) is 2.63. The molecule has 142 valence electrons. The van der Waals surface area contributed by atoms with E-state index in [4.69, 9.17) is 22.2 Å². The fraction of sp³-hybridized carbons (Fsp3) is 0.211. The molecule has 0 saturated carbocycles. The lowest BCUT2D eigenvalue weighted by molar-refractivity contribution is -0.120. The standard InChI is InChI=1S/C19H21ClN4O3/c1-24(2)19(26)14-7-5-8-15(10-14)22-18(25)12-27-23-17(21)11-13-6-3-4-9-16(13)20/h3-10H,11-12H2,1-2H3,(H2,21,23)(H,22,25). The van der Waals surface area contributed by atoms with E-state index in [9.17, 15) is 9.59 Å². The van der Waals surface area contributed by atoms with Gasteiger partial charge in [-0.05, 0) is 29.8 Å². The van der Waals surface area contributed by atoms with E-state index in [-0.39, 0.29) is 18.3 Å². The number of oxime groups is 1. The zero-order valence-corrected chi connectivity index (χ0v) is 15.9. The highest BCUT2D eigenvalue weighted by Crippen LogP contribution is 2.15. The van der Waals surface area contributed by atoms with Crippen LogP contribution in [-0.4, -0.2) is 43.3 Å². The smallest absolute Gasteiger partial charge is 0.265 e. The van der Waals surface area contributed by atoms with Crippen LogP contribution in [0.25, 0.3) is 0 Å². The maximum atomic E-state index is 12.0. The van der Waals surface area contributed by atoms with Gasteiger partial charge < -0.3 is 20.8 Å². The Hall–Kier alpha value is -3.06. The molecule has 0 heterocycles. The van der Waals surface area contributed by atoms with Gasteiger partial charge in [-0.15, -0.1) is 0 Å². The van der Waals surface area contributed by atoms with Gasteiger partial charge in [-0.1, -0.05) is 41.0 Å². The molecular formula is C19H21ClN4O3. The molecule has 0 aliphatic carbocycles. The Morgan fingerprint density at radius 3 is 2.63 bits per heavy atom. The van der Waals surface area contributed by atoms with Crippen molar-refractivity contribution in [3.8, 4) is 0 Å². The predicted octanol–water partition coefficient (Wildman–Crippen LogP) is 2.51. The normalized spacial score (nSPS) is 11.0.